The second-order valence-electron chi connectivity index (χ2n) is 15.0. The summed E-state index contributed by atoms with van der Waals surface area (Å²) < 4.78 is 4.93. The normalized spacial score (nSPS) is 13.1. The predicted octanol–water partition coefficient (Wildman–Crippen LogP) is 13.7. The van der Waals surface area contributed by atoms with Crippen LogP contribution in [-0.4, -0.2) is 9.13 Å². The van der Waals surface area contributed by atoms with E-state index >= 15 is 0 Å². The molecule has 256 valence electrons. The monoisotopic (exact) mass is 691 g/mol. The molecule has 0 radical (unpaired) electrons. The number of hydrogen-bond donors (Lipinski definition) is 0. The van der Waals surface area contributed by atoms with Crippen molar-refractivity contribution in [1.82, 2.24) is 9.13 Å². The lowest BCUT2D eigenvalue weighted by Gasteiger charge is -2.28. The molecule has 0 unspecified atom stereocenters. The van der Waals surface area contributed by atoms with E-state index in [1.54, 1.807) is 0 Å². The summed E-state index contributed by atoms with van der Waals surface area (Å²) in [6.07, 6.45) is 0. The van der Waals surface area contributed by atoms with Crippen LogP contribution in [0.3, 0.4) is 0 Å². The molecule has 3 nitrogen and oxygen atoms in total. The van der Waals surface area contributed by atoms with Crippen LogP contribution in [0.15, 0.2) is 188 Å². The van der Waals surface area contributed by atoms with Crippen LogP contribution in [-0.2, 0) is 5.41 Å². The van der Waals surface area contributed by atoms with Crippen LogP contribution in [0.25, 0.3) is 66.1 Å². The van der Waals surface area contributed by atoms with Gasteiger partial charge in [-0.2, -0.15) is 0 Å². The van der Waals surface area contributed by atoms with Crippen LogP contribution in [0, 0.1) is 0 Å². The van der Waals surface area contributed by atoms with Gasteiger partial charge in [-0.05, 0) is 89.0 Å². The molecule has 2 aromatic heterocycles. The fourth-order valence-corrected chi connectivity index (χ4v) is 9.27. The van der Waals surface area contributed by atoms with Gasteiger partial charge in [0.1, 0.15) is 0 Å². The van der Waals surface area contributed by atoms with E-state index in [1.165, 1.54) is 60.3 Å². The Bertz CT molecular complexity index is 3020. The van der Waals surface area contributed by atoms with Crippen molar-refractivity contribution in [3.8, 4) is 22.5 Å². The molecule has 0 fully saturated rings. The molecule has 0 atom stereocenters. The highest BCUT2D eigenvalue weighted by Crippen LogP contribution is 2.51. The van der Waals surface area contributed by atoms with Crippen LogP contribution in [0.4, 0.5) is 17.1 Å². The minimum atomic E-state index is -0.0682. The first-order valence-electron chi connectivity index (χ1n) is 18.8. The Hall–Kier alpha value is -6.84. The molecule has 0 aliphatic heterocycles. The van der Waals surface area contributed by atoms with E-state index in [-0.39, 0.29) is 5.41 Å². The quantitative estimate of drug-likeness (QED) is 0.175. The number of para-hydroxylation sites is 5. The third-order valence-corrected chi connectivity index (χ3v) is 11.7. The number of aromatic nitrogens is 2. The first-order valence-corrected chi connectivity index (χ1v) is 18.8. The molecule has 2 heterocycles. The van der Waals surface area contributed by atoms with Crippen molar-refractivity contribution in [2.24, 2.45) is 0 Å². The average Bonchev–Trinajstić information content (AvgIpc) is 3.82. The van der Waals surface area contributed by atoms with E-state index < -0.39 is 0 Å². The molecular weight excluding hydrogens is 655 g/mol. The van der Waals surface area contributed by atoms with Gasteiger partial charge in [0.05, 0.1) is 33.4 Å². The van der Waals surface area contributed by atoms with Crippen molar-refractivity contribution in [2.45, 2.75) is 19.3 Å². The average molecular weight is 692 g/mol. The molecule has 3 heteroatoms. The third-order valence-electron chi connectivity index (χ3n) is 11.7. The molecule has 8 aromatic carbocycles. The molecule has 0 bridgehead atoms. The van der Waals surface area contributed by atoms with Crippen LogP contribution in [0.2, 0.25) is 0 Å². The summed E-state index contributed by atoms with van der Waals surface area (Å²) in [5, 5.41) is 4.95. The summed E-state index contributed by atoms with van der Waals surface area (Å²) in [6, 6.07) is 68.9. The minimum absolute atomic E-state index is 0.0682. The molecule has 11 rings (SSSR count). The molecule has 1 aliphatic rings. The maximum atomic E-state index is 2.49. The summed E-state index contributed by atoms with van der Waals surface area (Å²) >= 11 is 0. The van der Waals surface area contributed by atoms with Gasteiger partial charge in [0.25, 0.3) is 0 Å². The van der Waals surface area contributed by atoms with Crippen LogP contribution < -0.4 is 4.90 Å². The van der Waals surface area contributed by atoms with Crippen molar-refractivity contribution in [2.75, 3.05) is 4.90 Å². The number of benzene rings is 8. The van der Waals surface area contributed by atoms with Gasteiger partial charge >= 0.3 is 0 Å². The molecule has 10 aromatic rings. The van der Waals surface area contributed by atoms with E-state index in [9.17, 15) is 0 Å². The summed E-state index contributed by atoms with van der Waals surface area (Å²) in [4.78, 5) is 2.44. The fraction of sp³-hybridized carbons (Fsp3) is 0.0588. The fourth-order valence-electron chi connectivity index (χ4n) is 9.27. The minimum Gasteiger partial charge on any atom is -0.310 e. The lowest BCUT2D eigenvalue weighted by Crippen LogP contribution is -2.15. The van der Waals surface area contributed by atoms with Crippen molar-refractivity contribution >= 4 is 60.7 Å². The third kappa shape index (κ3) is 4.36. The molecule has 0 amide bonds. The zero-order valence-corrected chi connectivity index (χ0v) is 30.2. The second-order valence-corrected chi connectivity index (χ2v) is 15.0. The van der Waals surface area contributed by atoms with Gasteiger partial charge in [-0.15, -0.1) is 0 Å². The van der Waals surface area contributed by atoms with Crippen molar-refractivity contribution in [3.63, 3.8) is 0 Å². The lowest BCUT2D eigenvalue weighted by molar-refractivity contribution is 0.660. The number of hydrogen-bond acceptors (Lipinski definition) is 1. The Morgan fingerprint density at radius 2 is 0.944 bits per heavy atom. The largest absolute Gasteiger partial charge is 0.310 e. The number of nitrogens with zero attached hydrogens (tertiary/aromatic N) is 3. The summed E-state index contributed by atoms with van der Waals surface area (Å²) in [5.41, 5.74) is 15.6. The van der Waals surface area contributed by atoms with E-state index in [4.69, 9.17) is 0 Å². The highest BCUT2D eigenvalue weighted by atomic mass is 15.1. The maximum Gasteiger partial charge on any atom is 0.0583 e. The summed E-state index contributed by atoms with van der Waals surface area (Å²) in [7, 11) is 0. The highest BCUT2D eigenvalue weighted by molar-refractivity contribution is 6.17. The van der Waals surface area contributed by atoms with Gasteiger partial charge in [0, 0.05) is 44.0 Å². The van der Waals surface area contributed by atoms with Crippen molar-refractivity contribution in [3.05, 3.63) is 199 Å². The van der Waals surface area contributed by atoms with E-state index in [2.05, 4.69) is 216 Å². The molecular formula is C51H37N3. The number of fused-ring (bicyclic) bond motifs is 9. The highest BCUT2D eigenvalue weighted by Gasteiger charge is 2.35. The maximum absolute atomic E-state index is 2.49. The molecule has 0 saturated carbocycles. The van der Waals surface area contributed by atoms with Crippen LogP contribution in [0.1, 0.15) is 25.0 Å². The Kier molecular flexibility index (Phi) is 6.60. The molecule has 0 spiro atoms. The van der Waals surface area contributed by atoms with Gasteiger partial charge in [0.2, 0.25) is 0 Å². The lowest BCUT2D eigenvalue weighted by atomic mass is 9.82. The van der Waals surface area contributed by atoms with Gasteiger partial charge in [-0.25, -0.2) is 0 Å². The zero-order chi connectivity index (χ0) is 36.0. The molecule has 54 heavy (non-hydrogen) atoms. The molecule has 0 N–H and O–H groups in total. The smallest absolute Gasteiger partial charge is 0.0583 e. The predicted molar refractivity (Wildman–Crippen MR) is 227 cm³/mol. The number of anilines is 3. The van der Waals surface area contributed by atoms with Crippen molar-refractivity contribution in [1.29, 1.82) is 0 Å². The SMILES string of the molecule is CC1(C)c2ccccc2-c2cc(N(c3ccccc3)c3cc(-n4c5ccccc5c5ccccc54)c4c5ccccc5n(-c5ccccc5)c4c3)ccc21. The summed E-state index contributed by atoms with van der Waals surface area (Å²) in [6.45, 7) is 4.70. The first-order chi connectivity index (χ1) is 26.6. The zero-order valence-electron chi connectivity index (χ0n) is 30.2. The Balaban J connectivity index is 1.28. The van der Waals surface area contributed by atoms with Gasteiger partial charge in [-0.1, -0.05) is 135 Å². The van der Waals surface area contributed by atoms with E-state index in [1.807, 2.05) is 0 Å². The Labute approximate surface area is 314 Å². The van der Waals surface area contributed by atoms with E-state index in [0.29, 0.717) is 0 Å². The van der Waals surface area contributed by atoms with Crippen LogP contribution >= 0.6 is 0 Å². The van der Waals surface area contributed by atoms with Gasteiger partial charge in [-0.3, -0.25) is 0 Å². The summed E-state index contributed by atoms with van der Waals surface area (Å²) in [5.74, 6) is 0. The molecule has 0 saturated heterocycles. The van der Waals surface area contributed by atoms with Gasteiger partial charge in [0.15, 0.2) is 0 Å². The first kappa shape index (κ1) is 30.8. The van der Waals surface area contributed by atoms with Crippen LogP contribution in [0.5, 0.6) is 0 Å². The van der Waals surface area contributed by atoms with E-state index in [0.717, 1.165) is 34.0 Å². The second kappa shape index (κ2) is 11.6. The molecule has 1 aliphatic carbocycles. The van der Waals surface area contributed by atoms with Gasteiger partial charge < -0.3 is 14.0 Å². The van der Waals surface area contributed by atoms with Crippen molar-refractivity contribution < 1.29 is 0 Å². The standard InChI is InChI=1S/C51H37N3/c1-51(2)43-25-13-9-21-38(43)42-31-36(29-30-44(42)51)52(34-17-5-3-6-18-34)37-32-48-50(41-24-12-16-28-47(41)53(48)35-19-7-4-8-20-35)49(33-37)54-45-26-14-10-22-39(45)40-23-11-15-27-46(40)54/h3-33H,1-2H3. The topological polar surface area (TPSA) is 13.1 Å². The Morgan fingerprint density at radius 1 is 0.389 bits per heavy atom. The number of rotatable bonds is 5. The Morgan fingerprint density at radius 3 is 1.65 bits per heavy atom.